The number of rotatable bonds is 7. The number of nitrogens with zero attached hydrogens (tertiary/aromatic N) is 3. The Morgan fingerprint density at radius 2 is 1.93 bits per heavy atom. The highest BCUT2D eigenvalue weighted by Gasteiger charge is 2.22. The average Bonchev–Trinajstić information content (AvgIpc) is 3.21. The van der Waals surface area contributed by atoms with Crippen molar-refractivity contribution in [1.29, 1.82) is 0 Å². The molecule has 1 heterocycles. The molecule has 0 saturated carbocycles. The fraction of sp³-hybridized carbons (Fsp3) is 0.158. The summed E-state index contributed by atoms with van der Waals surface area (Å²) in [6, 6.07) is 9.97. The van der Waals surface area contributed by atoms with Gasteiger partial charge in [-0.15, -0.1) is 0 Å². The average molecular weight is 420 g/mol. The van der Waals surface area contributed by atoms with Gasteiger partial charge in [0, 0.05) is 25.0 Å². The number of hydrogen-bond donors (Lipinski definition) is 1. The minimum atomic E-state index is -3.90. The van der Waals surface area contributed by atoms with E-state index in [-0.39, 0.29) is 12.2 Å². The fourth-order valence-corrected chi connectivity index (χ4v) is 3.58. The zero-order valence-electron chi connectivity index (χ0n) is 15.4. The van der Waals surface area contributed by atoms with Crippen molar-refractivity contribution in [3.05, 3.63) is 78.4 Å². The first-order chi connectivity index (χ1) is 13.8. The molecular weight excluding hydrogens is 402 g/mol. The lowest BCUT2D eigenvalue weighted by Gasteiger charge is -2.22. The summed E-state index contributed by atoms with van der Waals surface area (Å²) in [5.41, 5.74) is 1.46. The van der Waals surface area contributed by atoms with Gasteiger partial charge in [0.25, 0.3) is 0 Å². The zero-order chi connectivity index (χ0) is 21.0. The van der Waals surface area contributed by atoms with E-state index < -0.39 is 34.1 Å². The van der Waals surface area contributed by atoms with E-state index in [1.807, 2.05) is 24.3 Å². The SMILES string of the molecule is CS(=O)(=O)N(CC(=O)NCc1ccccc1-n1ccnc1)c1ccc(F)c(F)c1. The largest absolute Gasteiger partial charge is 0.350 e. The Hall–Kier alpha value is -3.27. The normalized spacial score (nSPS) is 11.3. The second kappa shape index (κ2) is 8.39. The van der Waals surface area contributed by atoms with Gasteiger partial charge < -0.3 is 9.88 Å². The van der Waals surface area contributed by atoms with Gasteiger partial charge in [-0.2, -0.15) is 0 Å². The number of aromatic nitrogens is 2. The Labute approximate surface area is 166 Å². The van der Waals surface area contributed by atoms with Crippen LogP contribution in [0.5, 0.6) is 0 Å². The van der Waals surface area contributed by atoms with Crippen LogP contribution < -0.4 is 9.62 Å². The summed E-state index contributed by atoms with van der Waals surface area (Å²) in [6.07, 6.45) is 5.89. The highest BCUT2D eigenvalue weighted by atomic mass is 32.2. The molecule has 7 nitrogen and oxygen atoms in total. The lowest BCUT2D eigenvalue weighted by atomic mass is 10.1. The van der Waals surface area contributed by atoms with E-state index >= 15 is 0 Å². The van der Waals surface area contributed by atoms with Crippen molar-refractivity contribution in [2.24, 2.45) is 0 Å². The van der Waals surface area contributed by atoms with Crippen molar-refractivity contribution in [2.45, 2.75) is 6.54 Å². The highest BCUT2D eigenvalue weighted by molar-refractivity contribution is 7.92. The maximum Gasteiger partial charge on any atom is 0.241 e. The molecular formula is C19H18F2N4O3S. The van der Waals surface area contributed by atoms with Gasteiger partial charge in [-0.25, -0.2) is 22.2 Å². The summed E-state index contributed by atoms with van der Waals surface area (Å²) in [4.78, 5) is 16.4. The minimum Gasteiger partial charge on any atom is -0.350 e. The molecule has 0 aliphatic rings. The van der Waals surface area contributed by atoms with Crippen LogP contribution >= 0.6 is 0 Å². The van der Waals surface area contributed by atoms with Crippen LogP contribution in [0, 0.1) is 11.6 Å². The van der Waals surface area contributed by atoms with E-state index in [0.29, 0.717) is 4.31 Å². The van der Waals surface area contributed by atoms with Crippen molar-refractivity contribution >= 4 is 21.6 Å². The van der Waals surface area contributed by atoms with E-state index in [2.05, 4.69) is 10.3 Å². The molecule has 0 bridgehead atoms. The molecule has 0 fully saturated rings. The Morgan fingerprint density at radius 1 is 1.17 bits per heavy atom. The van der Waals surface area contributed by atoms with Crippen molar-refractivity contribution in [2.75, 3.05) is 17.1 Å². The van der Waals surface area contributed by atoms with E-state index in [9.17, 15) is 22.0 Å². The topological polar surface area (TPSA) is 84.3 Å². The van der Waals surface area contributed by atoms with Crippen molar-refractivity contribution in [1.82, 2.24) is 14.9 Å². The number of nitrogens with one attached hydrogen (secondary N) is 1. The quantitative estimate of drug-likeness (QED) is 0.635. The number of anilines is 1. The van der Waals surface area contributed by atoms with Gasteiger partial charge >= 0.3 is 0 Å². The van der Waals surface area contributed by atoms with Crippen LogP contribution in [0.2, 0.25) is 0 Å². The molecule has 2 aromatic carbocycles. The maximum absolute atomic E-state index is 13.5. The summed E-state index contributed by atoms with van der Waals surface area (Å²) in [5.74, 6) is -2.91. The smallest absolute Gasteiger partial charge is 0.241 e. The van der Waals surface area contributed by atoms with Crippen LogP contribution in [0.4, 0.5) is 14.5 Å². The van der Waals surface area contributed by atoms with Crippen molar-refractivity contribution in [3.63, 3.8) is 0 Å². The summed E-state index contributed by atoms with van der Waals surface area (Å²) in [5, 5.41) is 2.65. The van der Waals surface area contributed by atoms with Crippen LogP contribution in [0.25, 0.3) is 5.69 Å². The predicted molar refractivity (Wildman–Crippen MR) is 104 cm³/mol. The Balaban J connectivity index is 1.74. The molecule has 0 aliphatic heterocycles. The monoisotopic (exact) mass is 420 g/mol. The number of amides is 1. The lowest BCUT2D eigenvalue weighted by molar-refractivity contribution is -0.119. The second-order valence-electron chi connectivity index (χ2n) is 6.24. The van der Waals surface area contributed by atoms with E-state index in [1.165, 1.54) is 0 Å². The highest BCUT2D eigenvalue weighted by Crippen LogP contribution is 2.20. The van der Waals surface area contributed by atoms with E-state index in [1.54, 1.807) is 23.3 Å². The number of para-hydroxylation sites is 1. The first kappa shape index (κ1) is 20.5. The van der Waals surface area contributed by atoms with E-state index in [0.717, 1.165) is 35.7 Å². The fourth-order valence-electron chi connectivity index (χ4n) is 2.73. The number of sulfonamides is 1. The molecule has 0 aliphatic carbocycles. The first-order valence-electron chi connectivity index (χ1n) is 8.51. The van der Waals surface area contributed by atoms with Gasteiger partial charge in [0.2, 0.25) is 15.9 Å². The molecule has 0 saturated heterocycles. The van der Waals surface area contributed by atoms with E-state index in [4.69, 9.17) is 0 Å². The van der Waals surface area contributed by atoms with Crippen LogP contribution in [0.3, 0.4) is 0 Å². The summed E-state index contributed by atoms with van der Waals surface area (Å²) in [7, 11) is -3.90. The van der Waals surface area contributed by atoms with Crippen LogP contribution in [-0.2, 0) is 21.4 Å². The standard InChI is InChI=1S/C19H18F2N4O3S/c1-29(27,28)25(15-6-7-16(20)17(21)10-15)12-19(26)23-11-14-4-2-3-5-18(14)24-9-8-22-13-24/h2-10,13H,11-12H2,1H3,(H,23,26). The Kier molecular flexibility index (Phi) is 5.92. The molecule has 0 atom stereocenters. The van der Waals surface area contributed by atoms with Crippen molar-refractivity contribution < 1.29 is 22.0 Å². The second-order valence-corrected chi connectivity index (χ2v) is 8.15. The van der Waals surface area contributed by atoms with Gasteiger partial charge in [-0.05, 0) is 23.8 Å². The van der Waals surface area contributed by atoms with Gasteiger partial charge in [-0.1, -0.05) is 18.2 Å². The predicted octanol–water partition coefficient (Wildman–Crippen LogP) is 2.23. The van der Waals surface area contributed by atoms with Crippen LogP contribution in [0.1, 0.15) is 5.56 Å². The van der Waals surface area contributed by atoms with Crippen LogP contribution in [-0.4, -0.2) is 36.7 Å². The van der Waals surface area contributed by atoms with Gasteiger partial charge in [0.15, 0.2) is 11.6 Å². The van der Waals surface area contributed by atoms with Gasteiger partial charge in [-0.3, -0.25) is 9.10 Å². The third-order valence-electron chi connectivity index (χ3n) is 4.13. The molecule has 0 radical (unpaired) electrons. The van der Waals surface area contributed by atoms with Gasteiger partial charge in [0.1, 0.15) is 6.54 Å². The number of carbonyl (C=O) groups excluding carboxylic acids is 1. The molecule has 29 heavy (non-hydrogen) atoms. The zero-order valence-corrected chi connectivity index (χ0v) is 16.2. The molecule has 10 heteroatoms. The third kappa shape index (κ3) is 4.96. The summed E-state index contributed by atoms with van der Waals surface area (Å²) < 4.78 is 53.3. The number of benzene rings is 2. The summed E-state index contributed by atoms with van der Waals surface area (Å²) in [6.45, 7) is -0.431. The molecule has 1 N–H and O–H groups in total. The summed E-state index contributed by atoms with van der Waals surface area (Å²) >= 11 is 0. The maximum atomic E-state index is 13.5. The third-order valence-corrected chi connectivity index (χ3v) is 5.27. The van der Waals surface area contributed by atoms with Gasteiger partial charge in [0.05, 0.1) is 24.0 Å². The molecule has 3 rings (SSSR count). The number of halogens is 2. The molecule has 1 aromatic heterocycles. The Morgan fingerprint density at radius 3 is 2.59 bits per heavy atom. The van der Waals surface area contributed by atoms with Crippen LogP contribution in [0.15, 0.2) is 61.2 Å². The van der Waals surface area contributed by atoms with Crippen molar-refractivity contribution in [3.8, 4) is 5.69 Å². The molecule has 1 amide bonds. The number of hydrogen-bond acceptors (Lipinski definition) is 4. The molecule has 0 spiro atoms. The number of imidazole rings is 1. The number of carbonyl (C=O) groups is 1. The molecule has 152 valence electrons. The molecule has 0 unspecified atom stereocenters. The Bertz CT molecular complexity index is 1120. The molecule has 3 aromatic rings. The minimum absolute atomic E-state index is 0.139. The lowest BCUT2D eigenvalue weighted by Crippen LogP contribution is -2.40. The first-order valence-corrected chi connectivity index (χ1v) is 10.4.